The third-order valence-corrected chi connectivity index (χ3v) is 6.41. The van der Waals surface area contributed by atoms with Gasteiger partial charge in [0.05, 0.1) is 17.9 Å². The van der Waals surface area contributed by atoms with Crippen LogP contribution in [0.25, 0.3) is 0 Å². The van der Waals surface area contributed by atoms with Gasteiger partial charge in [-0.05, 0) is 30.2 Å². The molecule has 30 heavy (non-hydrogen) atoms. The van der Waals surface area contributed by atoms with Gasteiger partial charge in [0.25, 0.3) is 5.91 Å². The van der Waals surface area contributed by atoms with E-state index < -0.39 is 0 Å². The van der Waals surface area contributed by atoms with Gasteiger partial charge < -0.3 is 14.2 Å². The van der Waals surface area contributed by atoms with Crippen LogP contribution in [-0.4, -0.2) is 51.0 Å². The average Bonchev–Trinajstić information content (AvgIpc) is 3.51. The lowest BCUT2D eigenvalue weighted by molar-refractivity contribution is -0.131. The van der Waals surface area contributed by atoms with Gasteiger partial charge in [-0.25, -0.2) is 0 Å². The molecular formula is C23H24N4O3. The van der Waals surface area contributed by atoms with E-state index in [0.29, 0.717) is 25.2 Å². The predicted octanol–water partition coefficient (Wildman–Crippen LogP) is 2.76. The molecule has 2 aliphatic rings. The van der Waals surface area contributed by atoms with Gasteiger partial charge in [0.15, 0.2) is 0 Å². The Morgan fingerprint density at radius 2 is 2.00 bits per heavy atom. The zero-order chi connectivity index (χ0) is 20.7. The summed E-state index contributed by atoms with van der Waals surface area (Å²) in [6, 6.07) is 11.7. The fourth-order valence-electron chi connectivity index (χ4n) is 4.96. The minimum Gasteiger partial charge on any atom is -0.472 e. The molecule has 5 rings (SSSR count). The Morgan fingerprint density at radius 3 is 2.73 bits per heavy atom. The highest BCUT2D eigenvalue weighted by Crippen LogP contribution is 2.46. The molecule has 3 aromatic rings. The normalized spacial score (nSPS) is 23.0. The van der Waals surface area contributed by atoms with Gasteiger partial charge in [-0.15, -0.1) is 0 Å². The molecular weight excluding hydrogens is 380 g/mol. The minimum absolute atomic E-state index is 0.0131. The van der Waals surface area contributed by atoms with E-state index in [4.69, 9.17) is 4.42 Å². The van der Waals surface area contributed by atoms with E-state index in [1.807, 2.05) is 28.0 Å². The maximum Gasteiger partial charge on any atom is 0.257 e. The van der Waals surface area contributed by atoms with Crippen LogP contribution in [0.15, 0.2) is 65.7 Å². The smallest absolute Gasteiger partial charge is 0.257 e. The van der Waals surface area contributed by atoms with E-state index in [9.17, 15) is 9.59 Å². The predicted molar refractivity (Wildman–Crippen MR) is 109 cm³/mol. The number of fused-ring (bicyclic) bond motifs is 1. The summed E-state index contributed by atoms with van der Waals surface area (Å²) in [5.41, 5.74) is 2.89. The Hall–Kier alpha value is -3.35. The van der Waals surface area contributed by atoms with Crippen LogP contribution in [0.3, 0.4) is 0 Å². The first kappa shape index (κ1) is 18.7. The lowest BCUT2D eigenvalue weighted by atomic mass is 9.87. The molecule has 0 unspecified atom stereocenters. The van der Waals surface area contributed by atoms with E-state index in [1.54, 1.807) is 23.1 Å². The molecule has 4 heterocycles. The third-order valence-electron chi connectivity index (χ3n) is 6.41. The Labute approximate surface area is 174 Å². The van der Waals surface area contributed by atoms with Crippen molar-refractivity contribution in [1.82, 2.24) is 19.6 Å². The second-order valence-corrected chi connectivity index (χ2v) is 8.20. The first-order valence-electron chi connectivity index (χ1n) is 10.3. The Kier molecular flexibility index (Phi) is 4.65. The second kappa shape index (κ2) is 7.48. The number of hydrogen-bond acceptors (Lipinski definition) is 4. The summed E-state index contributed by atoms with van der Waals surface area (Å²) in [5, 5.41) is 4.15. The van der Waals surface area contributed by atoms with Gasteiger partial charge in [-0.3, -0.25) is 14.3 Å². The summed E-state index contributed by atoms with van der Waals surface area (Å²) < 4.78 is 6.80. The van der Waals surface area contributed by atoms with Crippen molar-refractivity contribution in [3.05, 3.63) is 78.0 Å². The lowest BCUT2D eigenvalue weighted by Crippen LogP contribution is -2.38. The third kappa shape index (κ3) is 3.20. The van der Waals surface area contributed by atoms with Crippen LogP contribution in [0.2, 0.25) is 0 Å². The largest absolute Gasteiger partial charge is 0.472 e. The van der Waals surface area contributed by atoms with Gasteiger partial charge in [-0.1, -0.05) is 24.3 Å². The van der Waals surface area contributed by atoms with Gasteiger partial charge >= 0.3 is 0 Å². The summed E-state index contributed by atoms with van der Waals surface area (Å²) in [6.07, 6.45) is 6.52. The number of hydrogen-bond donors (Lipinski definition) is 0. The van der Waals surface area contributed by atoms with Crippen LogP contribution in [0.5, 0.6) is 0 Å². The number of furan rings is 1. The van der Waals surface area contributed by atoms with Crippen molar-refractivity contribution in [2.75, 3.05) is 19.6 Å². The Bertz CT molecular complexity index is 1040. The number of aromatic nitrogens is 2. The number of aryl methyl sites for hydroxylation is 1. The molecule has 0 bridgehead atoms. The van der Waals surface area contributed by atoms with E-state index in [2.05, 4.69) is 24.2 Å². The molecule has 7 heteroatoms. The van der Waals surface area contributed by atoms with Crippen molar-refractivity contribution in [3.63, 3.8) is 0 Å². The highest BCUT2D eigenvalue weighted by Gasteiger charge is 2.50. The molecule has 2 fully saturated rings. The van der Waals surface area contributed by atoms with Crippen LogP contribution < -0.4 is 0 Å². The maximum atomic E-state index is 13.2. The summed E-state index contributed by atoms with van der Waals surface area (Å²) in [6.45, 7) is 4.29. The number of likely N-dealkylation sites (tertiary alicyclic amines) is 2. The first-order valence-corrected chi connectivity index (χ1v) is 10.3. The molecule has 154 valence electrons. The second-order valence-electron chi connectivity index (χ2n) is 8.20. The van der Waals surface area contributed by atoms with E-state index >= 15 is 0 Å². The Balaban J connectivity index is 1.42. The van der Waals surface area contributed by atoms with Crippen molar-refractivity contribution in [1.29, 1.82) is 0 Å². The number of nitrogens with zero attached hydrogens (tertiary/aromatic N) is 4. The molecule has 2 aliphatic heterocycles. The van der Waals surface area contributed by atoms with E-state index in [0.717, 1.165) is 11.1 Å². The van der Waals surface area contributed by atoms with Crippen LogP contribution in [0.1, 0.15) is 27.5 Å². The molecule has 0 radical (unpaired) electrons. The van der Waals surface area contributed by atoms with E-state index in [1.165, 1.54) is 12.5 Å². The van der Waals surface area contributed by atoms with Gasteiger partial charge in [0, 0.05) is 43.9 Å². The summed E-state index contributed by atoms with van der Waals surface area (Å²) in [4.78, 5) is 30.0. The summed E-state index contributed by atoms with van der Waals surface area (Å²) in [7, 11) is 0. The number of carbonyl (C=O) groups is 2. The van der Waals surface area contributed by atoms with Crippen molar-refractivity contribution < 1.29 is 14.0 Å². The molecule has 3 atom stereocenters. The van der Waals surface area contributed by atoms with Crippen molar-refractivity contribution in [2.24, 2.45) is 11.8 Å². The Morgan fingerprint density at radius 1 is 1.13 bits per heavy atom. The zero-order valence-corrected chi connectivity index (χ0v) is 16.8. The van der Waals surface area contributed by atoms with Crippen LogP contribution >= 0.6 is 0 Å². The molecule has 7 nitrogen and oxygen atoms in total. The SMILES string of the molecule is Cc1ccccc1[C@H]1[C@H]2CN(C(=O)Cn3cccn3)C[C@H]2CN1C(=O)c1ccoc1. The van der Waals surface area contributed by atoms with E-state index in [-0.39, 0.29) is 36.2 Å². The first-order chi connectivity index (χ1) is 14.6. The fraction of sp³-hybridized carbons (Fsp3) is 0.348. The molecule has 2 saturated heterocycles. The van der Waals surface area contributed by atoms with Crippen LogP contribution in [0.4, 0.5) is 0 Å². The van der Waals surface area contributed by atoms with Crippen molar-refractivity contribution >= 4 is 11.8 Å². The number of rotatable bonds is 4. The van der Waals surface area contributed by atoms with Gasteiger partial charge in [-0.2, -0.15) is 5.10 Å². The van der Waals surface area contributed by atoms with Gasteiger partial charge in [0.2, 0.25) is 5.91 Å². The zero-order valence-electron chi connectivity index (χ0n) is 16.8. The average molecular weight is 404 g/mol. The van der Waals surface area contributed by atoms with Crippen LogP contribution in [0, 0.1) is 18.8 Å². The quantitative estimate of drug-likeness (QED) is 0.670. The molecule has 0 spiro atoms. The molecule has 0 saturated carbocycles. The van der Waals surface area contributed by atoms with Crippen LogP contribution in [-0.2, 0) is 11.3 Å². The minimum atomic E-state index is -0.0545. The molecule has 2 aromatic heterocycles. The number of benzene rings is 1. The number of amides is 2. The van der Waals surface area contributed by atoms with Gasteiger partial charge in [0.1, 0.15) is 12.8 Å². The van der Waals surface area contributed by atoms with Crippen molar-refractivity contribution in [2.45, 2.75) is 19.5 Å². The topological polar surface area (TPSA) is 71.6 Å². The van der Waals surface area contributed by atoms with Crippen molar-refractivity contribution in [3.8, 4) is 0 Å². The highest BCUT2D eigenvalue weighted by atomic mass is 16.3. The highest BCUT2D eigenvalue weighted by molar-refractivity contribution is 5.94. The monoisotopic (exact) mass is 404 g/mol. The molecule has 0 N–H and O–H groups in total. The molecule has 1 aromatic carbocycles. The summed E-state index contributed by atoms with van der Waals surface area (Å²) >= 11 is 0. The maximum absolute atomic E-state index is 13.2. The molecule has 2 amide bonds. The number of carbonyl (C=O) groups excluding carboxylic acids is 2. The standard InChI is InChI=1S/C23H24N4O3/c1-16-5-2-3-6-19(16)22-20-13-25(21(28)14-26-9-4-8-24-26)11-18(20)12-27(22)23(29)17-7-10-30-15-17/h2-10,15,18,20,22H,11-14H2,1H3/t18-,20-,22-/m0/s1. The fourth-order valence-corrected chi connectivity index (χ4v) is 4.96. The molecule has 0 aliphatic carbocycles. The lowest BCUT2D eigenvalue weighted by Gasteiger charge is -2.30. The summed E-state index contributed by atoms with van der Waals surface area (Å²) in [5.74, 6) is 0.528.